The molecule has 7 nitrogen and oxygen atoms in total. The SMILES string of the molecule is CCCCC(CC)COc1nc(NN)nc2[nH]ncc12. The van der Waals surface area contributed by atoms with E-state index in [9.17, 15) is 0 Å². The first-order valence-corrected chi connectivity index (χ1v) is 7.09. The fourth-order valence-corrected chi connectivity index (χ4v) is 2.08. The molecule has 110 valence electrons. The van der Waals surface area contributed by atoms with Crippen LogP contribution >= 0.6 is 0 Å². The molecule has 0 aromatic carbocycles. The molecule has 2 aromatic rings. The second-order valence-electron chi connectivity index (χ2n) is 4.86. The number of hydrogen-bond acceptors (Lipinski definition) is 6. The number of nitrogens with zero attached hydrogens (tertiary/aromatic N) is 3. The monoisotopic (exact) mass is 278 g/mol. The second kappa shape index (κ2) is 7.04. The van der Waals surface area contributed by atoms with Crippen LogP contribution in [-0.4, -0.2) is 26.8 Å². The van der Waals surface area contributed by atoms with Crippen molar-refractivity contribution in [2.75, 3.05) is 12.0 Å². The number of anilines is 1. The van der Waals surface area contributed by atoms with Gasteiger partial charge in [-0.05, 0) is 12.3 Å². The molecule has 0 aliphatic carbocycles. The van der Waals surface area contributed by atoms with E-state index in [0.717, 1.165) is 11.8 Å². The van der Waals surface area contributed by atoms with E-state index in [-0.39, 0.29) is 0 Å². The number of nitrogens with one attached hydrogen (secondary N) is 2. The summed E-state index contributed by atoms with van der Waals surface area (Å²) in [4.78, 5) is 8.41. The van der Waals surface area contributed by atoms with Crippen molar-refractivity contribution in [1.82, 2.24) is 20.2 Å². The van der Waals surface area contributed by atoms with Gasteiger partial charge in [0.05, 0.1) is 12.8 Å². The van der Waals surface area contributed by atoms with Gasteiger partial charge in [-0.2, -0.15) is 15.1 Å². The van der Waals surface area contributed by atoms with Crippen molar-refractivity contribution in [2.45, 2.75) is 39.5 Å². The van der Waals surface area contributed by atoms with Gasteiger partial charge in [-0.3, -0.25) is 10.5 Å². The molecule has 2 heterocycles. The second-order valence-corrected chi connectivity index (χ2v) is 4.86. The Morgan fingerprint density at radius 2 is 2.25 bits per heavy atom. The van der Waals surface area contributed by atoms with Crippen LogP contribution in [0.5, 0.6) is 5.88 Å². The van der Waals surface area contributed by atoms with Gasteiger partial charge in [-0.15, -0.1) is 0 Å². The number of nitrogen functional groups attached to an aromatic ring is 1. The predicted octanol–water partition coefficient (Wildman–Crippen LogP) is 2.23. The van der Waals surface area contributed by atoms with Crippen molar-refractivity contribution in [3.05, 3.63) is 6.20 Å². The van der Waals surface area contributed by atoms with E-state index < -0.39 is 0 Å². The molecule has 2 rings (SSSR count). The van der Waals surface area contributed by atoms with E-state index in [1.165, 1.54) is 19.3 Å². The average molecular weight is 278 g/mol. The van der Waals surface area contributed by atoms with Crippen molar-refractivity contribution >= 4 is 17.0 Å². The van der Waals surface area contributed by atoms with Crippen LogP contribution in [0.25, 0.3) is 11.0 Å². The molecule has 0 saturated heterocycles. The van der Waals surface area contributed by atoms with Gasteiger partial charge >= 0.3 is 0 Å². The summed E-state index contributed by atoms with van der Waals surface area (Å²) in [6, 6.07) is 0. The maximum Gasteiger partial charge on any atom is 0.242 e. The molecular formula is C13H22N6O. The Balaban J connectivity index is 2.09. The van der Waals surface area contributed by atoms with Gasteiger partial charge in [0, 0.05) is 0 Å². The van der Waals surface area contributed by atoms with Gasteiger partial charge in [-0.25, -0.2) is 5.84 Å². The summed E-state index contributed by atoms with van der Waals surface area (Å²) in [6.07, 6.45) is 6.37. The summed E-state index contributed by atoms with van der Waals surface area (Å²) in [5.74, 6) is 6.74. The number of hydrogen-bond donors (Lipinski definition) is 3. The van der Waals surface area contributed by atoms with Crippen LogP contribution in [0.3, 0.4) is 0 Å². The number of aromatic amines is 1. The Morgan fingerprint density at radius 1 is 1.40 bits per heavy atom. The normalized spacial score (nSPS) is 12.6. The Morgan fingerprint density at radius 3 is 2.95 bits per heavy atom. The smallest absolute Gasteiger partial charge is 0.242 e. The van der Waals surface area contributed by atoms with Gasteiger partial charge in [0.25, 0.3) is 0 Å². The summed E-state index contributed by atoms with van der Waals surface area (Å²) in [7, 11) is 0. The number of aromatic nitrogens is 4. The van der Waals surface area contributed by atoms with E-state index in [1.807, 2.05) is 0 Å². The fraction of sp³-hybridized carbons (Fsp3) is 0.615. The Bertz CT molecular complexity index is 541. The third-order valence-electron chi connectivity index (χ3n) is 3.40. The number of nitrogens with two attached hydrogens (primary N) is 1. The molecule has 0 aliphatic rings. The molecule has 0 fully saturated rings. The molecule has 0 spiro atoms. The van der Waals surface area contributed by atoms with Crippen molar-refractivity contribution < 1.29 is 4.74 Å². The lowest BCUT2D eigenvalue weighted by Crippen LogP contribution is -2.14. The van der Waals surface area contributed by atoms with Gasteiger partial charge in [-0.1, -0.05) is 33.1 Å². The standard InChI is InChI=1S/C13H22N6O/c1-3-5-6-9(4-2)8-20-12-10-7-15-19-11(10)16-13(17-12)18-14/h7,9H,3-6,8,14H2,1-2H3,(H2,15,16,17,18,19). The van der Waals surface area contributed by atoms with Gasteiger partial charge in [0.15, 0.2) is 5.65 Å². The number of fused-ring (bicyclic) bond motifs is 1. The van der Waals surface area contributed by atoms with Gasteiger partial charge < -0.3 is 4.74 Å². The molecular weight excluding hydrogens is 256 g/mol. The summed E-state index contributed by atoms with van der Waals surface area (Å²) in [5.41, 5.74) is 3.05. The fourth-order valence-electron chi connectivity index (χ4n) is 2.08. The van der Waals surface area contributed by atoms with Crippen molar-refractivity contribution in [1.29, 1.82) is 0 Å². The third kappa shape index (κ3) is 3.36. The molecule has 2 aromatic heterocycles. The number of hydrazine groups is 1. The highest BCUT2D eigenvalue weighted by molar-refractivity contribution is 5.80. The van der Waals surface area contributed by atoms with E-state index in [4.69, 9.17) is 10.6 Å². The third-order valence-corrected chi connectivity index (χ3v) is 3.40. The Kier molecular flexibility index (Phi) is 5.11. The van der Waals surface area contributed by atoms with Crippen molar-refractivity contribution in [3.8, 4) is 5.88 Å². The number of unbranched alkanes of at least 4 members (excludes halogenated alkanes) is 1. The van der Waals surface area contributed by atoms with Crippen LogP contribution in [-0.2, 0) is 0 Å². The Hall–Kier alpha value is -1.89. The van der Waals surface area contributed by atoms with E-state index in [0.29, 0.717) is 30.0 Å². The highest BCUT2D eigenvalue weighted by Crippen LogP contribution is 2.23. The van der Waals surface area contributed by atoms with Crippen molar-refractivity contribution in [3.63, 3.8) is 0 Å². The molecule has 0 radical (unpaired) electrons. The minimum Gasteiger partial charge on any atom is -0.477 e. The summed E-state index contributed by atoms with van der Waals surface area (Å²) >= 11 is 0. The van der Waals surface area contributed by atoms with Crippen LogP contribution in [0.1, 0.15) is 39.5 Å². The molecule has 4 N–H and O–H groups in total. The topological polar surface area (TPSA) is 102 Å². The first-order valence-electron chi connectivity index (χ1n) is 7.09. The average Bonchev–Trinajstić information content (AvgIpc) is 2.95. The number of H-pyrrole nitrogens is 1. The zero-order valence-corrected chi connectivity index (χ0v) is 12.0. The number of ether oxygens (including phenoxy) is 1. The molecule has 7 heteroatoms. The summed E-state index contributed by atoms with van der Waals surface area (Å²) in [6.45, 7) is 5.04. The quantitative estimate of drug-likeness (QED) is 0.505. The van der Waals surface area contributed by atoms with Crippen LogP contribution in [0.2, 0.25) is 0 Å². The zero-order valence-electron chi connectivity index (χ0n) is 12.0. The molecule has 0 amide bonds. The maximum atomic E-state index is 5.86. The molecule has 0 aliphatic heterocycles. The molecule has 0 bridgehead atoms. The lowest BCUT2D eigenvalue weighted by Gasteiger charge is -2.15. The minimum absolute atomic E-state index is 0.318. The zero-order chi connectivity index (χ0) is 14.4. The first-order chi connectivity index (χ1) is 9.78. The largest absolute Gasteiger partial charge is 0.477 e. The Labute approximate surface area is 118 Å². The van der Waals surface area contributed by atoms with E-state index in [1.54, 1.807) is 6.20 Å². The first kappa shape index (κ1) is 14.5. The molecule has 1 atom stereocenters. The molecule has 1 unspecified atom stereocenters. The van der Waals surface area contributed by atoms with Crippen LogP contribution in [0, 0.1) is 5.92 Å². The van der Waals surface area contributed by atoms with Crippen LogP contribution < -0.4 is 16.0 Å². The van der Waals surface area contributed by atoms with E-state index >= 15 is 0 Å². The molecule has 20 heavy (non-hydrogen) atoms. The highest BCUT2D eigenvalue weighted by atomic mass is 16.5. The van der Waals surface area contributed by atoms with Gasteiger partial charge in [0.1, 0.15) is 5.39 Å². The van der Waals surface area contributed by atoms with Crippen molar-refractivity contribution in [2.24, 2.45) is 11.8 Å². The minimum atomic E-state index is 0.318. The maximum absolute atomic E-state index is 5.86. The number of rotatable bonds is 8. The summed E-state index contributed by atoms with van der Waals surface area (Å²) in [5, 5.41) is 7.52. The molecule has 0 saturated carbocycles. The van der Waals surface area contributed by atoms with Crippen LogP contribution in [0.4, 0.5) is 5.95 Å². The predicted molar refractivity (Wildman–Crippen MR) is 78.3 cm³/mol. The van der Waals surface area contributed by atoms with E-state index in [2.05, 4.69) is 39.4 Å². The lowest BCUT2D eigenvalue weighted by atomic mass is 10.0. The van der Waals surface area contributed by atoms with Gasteiger partial charge in [0.2, 0.25) is 11.8 Å². The van der Waals surface area contributed by atoms with Crippen LogP contribution in [0.15, 0.2) is 6.20 Å². The highest BCUT2D eigenvalue weighted by Gasteiger charge is 2.13. The lowest BCUT2D eigenvalue weighted by molar-refractivity contribution is 0.228. The summed E-state index contributed by atoms with van der Waals surface area (Å²) < 4.78 is 5.86.